The van der Waals surface area contributed by atoms with E-state index in [4.69, 9.17) is 10.5 Å². The first-order chi connectivity index (χ1) is 8.04. The van der Waals surface area contributed by atoms with E-state index in [2.05, 4.69) is 37.1 Å². The Bertz CT molecular complexity index is 350. The standard InChI is InChI=1S/C14H24N2O/c1-11-9-13(10-12(2)15)5-6-14(11)16(3)7-8-17-4/h5-6,9,12H,7-8,10,15H2,1-4H3. The number of hydrogen-bond acceptors (Lipinski definition) is 3. The van der Waals surface area contributed by atoms with Crippen molar-refractivity contribution in [2.45, 2.75) is 26.3 Å². The second kappa shape index (κ2) is 6.62. The molecule has 0 saturated heterocycles. The largest absolute Gasteiger partial charge is 0.383 e. The molecule has 2 N–H and O–H groups in total. The number of methoxy groups -OCH3 is 1. The molecule has 0 aromatic heterocycles. The Morgan fingerprint density at radius 2 is 2.12 bits per heavy atom. The molecular weight excluding hydrogens is 212 g/mol. The maximum atomic E-state index is 5.81. The molecule has 0 fully saturated rings. The Morgan fingerprint density at radius 3 is 2.65 bits per heavy atom. The van der Waals surface area contributed by atoms with Crippen LogP contribution in [0.15, 0.2) is 18.2 Å². The van der Waals surface area contributed by atoms with Crippen molar-refractivity contribution in [2.24, 2.45) is 5.73 Å². The van der Waals surface area contributed by atoms with Crippen LogP contribution in [0.2, 0.25) is 0 Å². The van der Waals surface area contributed by atoms with Crippen molar-refractivity contribution in [1.82, 2.24) is 0 Å². The van der Waals surface area contributed by atoms with Gasteiger partial charge in [-0.05, 0) is 37.5 Å². The van der Waals surface area contributed by atoms with Crippen LogP contribution in [0, 0.1) is 6.92 Å². The zero-order valence-electron chi connectivity index (χ0n) is 11.4. The van der Waals surface area contributed by atoms with Crippen LogP contribution < -0.4 is 10.6 Å². The van der Waals surface area contributed by atoms with Crippen LogP contribution in [0.5, 0.6) is 0 Å². The fraction of sp³-hybridized carbons (Fsp3) is 0.571. The highest BCUT2D eigenvalue weighted by Gasteiger charge is 2.06. The summed E-state index contributed by atoms with van der Waals surface area (Å²) in [5.41, 5.74) is 9.67. The van der Waals surface area contributed by atoms with E-state index in [9.17, 15) is 0 Å². The molecule has 0 saturated carbocycles. The third-order valence-electron chi connectivity index (χ3n) is 2.86. The molecule has 0 aliphatic rings. The average Bonchev–Trinajstić information content (AvgIpc) is 2.25. The topological polar surface area (TPSA) is 38.5 Å². The van der Waals surface area contributed by atoms with Gasteiger partial charge in [0.2, 0.25) is 0 Å². The van der Waals surface area contributed by atoms with Crippen LogP contribution in [-0.4, -0.2) is 33.4 Å². The quantitative estimate of drug-likeness (QED) is 0.820. The van der Waals surface area contributed by atoms with E-state index < -0.39 is 0 Å². The van der Waals surface area contributed by atoms with E-state index in [0.29, 0.717) is 0 Å². The number of likely N-dealkylation sites (N-methyl/N-ethyl adjacent to an activating group) is 1. The maximum Gasteiger partial charge on any atom is 0.0637 e. The minimum absolute atomic E-state index is 0.214. The van der Waals surface area contributed by atoms with Gasteiger partial charge in [-0.1, -0.05) is 12.1 Å². The lowest BCUT2D eigenvalue weighted by Gasteiger charge is -2.21. The number of benzene rings is 1. The Hall–Kier alpha value is -1.06. The van der Waals surface area contributed by atoms with Gasteiger partial charge in [0, 0.05) is 32.4 Å². The van der Waals surface area contributed by atoms with Gasteiger partial charge in [-0.2, -0.15) is 0 Å². The Morgan fingerprint density at radius 1 is 1.41 bits per heavy atom. The first kappa shape index (κ1) is 14.0. The molecule has 17 heavy (non-hydrogen) atoms. The van der Waals surface area contributed by atoms with Crippen LogP contribution in [0.4, 0.5) is 5.69 Å². The van der Waals surface area contributed by atoms with Crippen molar-refractivity contribution in [3.05, 3.63) is 29.3 Å². The summed E-state index contributed by atoms with van der Waals surface area (Å²) in [4.78, 5) is 2.22. The number of nitrogens with two attached hydrogens (primary N) is 1. The summed E-state index contributed by atoms with van der Waals surface area (Å²) in [6, 6.07) is 6.77. The highest BCUT2D eigenvalue weighted by molar-refractivity contribution is 5.54. The fourth-order valence-electron chi connectivity index (χ4n) is 1.99. The highest BCUT2D eigenvalue weighted by Crippen LogP contribution is 2.20. The van der Waals surface area contributed by atoms with Crippen molar-refractivity contribution in [2.75, 3.05) is 32.2 Å². The Labute approximate surface area is 105 Å². The predicted molar refractivity (Wildman–Crippen MR) is 73.7 cm³/mol. The lowest BCUT2D eigenvalue weighted by Crippen LogP contribution is -2.23. The molecule has 0 bridgehead atoms. The Balaban J connectivity index is 2.74. The third-order valence-corrected chi connectivity index (χ3v) is 2.86. The summed E-state index contributed by atoms with van der Waals surface area (Å²) < 4.78 is 5.09. The molecule has 96 valence electrons. The number of rotatable bonds is 6. The SMILES string of the molecule is COCCN(C)c1ccc(CC(C)N)cc1C. The minimum Gasteiger partial charge on any atom is -0.383 e. The van der Waals surface area contributed by atoms with Crippen molar-refractivity contribution >= 4 is 5.69 Å². The van der Waals surface area contributed by atoms with Gasteiger partial charge in [-0.25, -0.2) is 0 Å². The summed E-state index contributed by atoms with van der Waals surface area (Å²) in [5.74, 6) is 0. The first-order valence-corrected chi connectivity index (χ1v) is 6.09. The smallest absolute Gasteiger partial charge is 0.0637 e. The summed E-state index contributed by atoms with van der Waals surface area (Å²) >= 11 is 0. The molecule has 0 spiro atoms. The van der Waals surface area contributed by atoms with Crippen LogP contribution in [0.25, 0.3) is 0 Å². The summed E-state index contributed by atoms with van der Waals surface area (Å²) in [6.45, 7) is 5.83. The van der Waals surface area contributed by atoms with Crippen molar-refractivity contribution in [1.29, 1.82) is 0 Å². The van der Waals surface area contributed by atoms with Gasteiger partial charge in [-0.15, -0.1) is 0 Å². The number of nitrogens with zero attached hydrogens (tertiary/aromatic N) is 1. The van der Waals surface area contributed by atoms with Gasteiger partial charge in [-0.3, -0.25) is 0 Å². The molecule has 1 aromatic carbocycles. The lowest BCUT2D eigenvalue weighted by atomic mass is 10.0. The van der Waals surface area contributed by atoms with Crippen LogP contribution >= 0.6 is 0 Å². The van der Waals surface area contributed by atoms with Gasteiger partial charge in [0.25, 0.3) is 0 Å². The van der Waals surface area contributed by atoms with Crippen molar-refractivity contribution in [3.8, 4) is 0 Å². The van der Waals surface area contributed by atoms with Crippen LogP contribution in [0.3, 0.4) is 0 Å². The van der Waals surface area contributed by atoms with E-state index in [1.165, 1.54) is 16.8 Å². The normalized spacial score (nSPS) is 12.5. The summed E-state index contributed by atoms with van der Waals surface area (Å²) in [6.07, 6.45) is 0.933. The van der Waals surface area contributed by atoms with Gasteiger partial charge >= 0.3 is 0 Å². The van der Waals surface area contributed by atoms with Gasteiger partial charge in [0.15, 0.2) is 0 Å². The predicted octanol–water partition coefficient (Wildman–Crippen LogP) is 1.97. The molecule has 0 aliphatic heterocycles. The summed E-state index contributed by atoms with van der Waals surface area (Å²) in [5, 5.41) is 0. The monoisotopic (exact) mass is 236 g/mol. The zero-order chi connectivity index (χ0) is 12.8. The second-order valence-electron chi connectivity index (χ2n) is 4.72. The molecule has 0 amide bonds. The minimum atomic E-state index is 0.214. The van der Waals surface area contributed by atoms with Gasteiger partial charge in [0.1, 0.15) is 0 Å². The molecule has 1 aromatic rings. The lowest BCUT2D eigenvalue weighted by molar-refractivity contribution is 0.206. The molecule has 0 heterocycles. The van der Waals surface area contributed by atoms with E-state index in [1.54, 1.807) is 7.11 Å². The van der Waals surface area contributed by atoms with E-state index in [0.717, 1.165) is 19.6 Å². The van der Waals surface area contributed by atoms with Gasteiger partial charge < -0.3 is 15.4 Å². The van der Waals surface area contributed by atoms with Crippen LogP contribution in [0.1, 0.15) is 18.1 Å². The van der Waals surface area contributed by atoms with Gasteiger partial charge in [0.05, 0.1) is 6.61 Å². The zero-order valence-corrected chi connectivity index (χ0v) is 11.4. The maximum absolute atomic E-state index is 5.81. The Kier molecular flexibility index (Phi) is 5.45. The number of aryl methyl sites for hydroxylation is 1. The molecule has 0 radical (unpaired) electrons. The third kappa shape index (κ3) is 4.36. The highest BCUT2D eigenvalue weighted by atomic mass is 16.5. The average molecular weight is 236 g/mol. The molecule has 1 rings (SSSR count). The van der Waals surface area contributed by atoms with E-state index in [-0.39, 0.29) is 6.04 Å². The van der Waals surface area contributed by atoms with Crippen LogP contribution in [-0.2, 0) is 11.2 Å². The molecule has 1 unspecified atom stereocenters. The van der Waals surface area contributed by atoms with E-state index >= 15 is 0 Å². The van der Waals surface area contributed by atoms with E-state index in [1.807, 2.05) is 6.92 Å². The molecule has 1 atom stereocenters. The molecule has 3 nitrogen and oxygen atoms in total. The molecule has 0 aliphatic carbocycles. The number of anilines is 1. The van der Waals surface area contributed by atoms with Crippen molar-refractivity contribution < 1.29 is 4.74 Å². The summed E-state index contributed by atoms with van der Waals surface area (Å²) in [7, 11) is 3.82. The second-order valence-corrected chi connectivity index (χ2v) is 4.72. The fourth-order valence-corrected chi connectivity index (χ4v) is 1.99. The molecular formula is C14H24N2O. The first-order valence-electron chi connectivity index (χ1n) is 6.09. The number of ether oxygens (including phenoxy) is 1. The number of hydrogen-bond donors (Lipinski definition) is 1. The molecule has 3 heteroatoms. The van der Waals surface area contributed by atoms with Crippen molar-refractivity contribution in [3.63, 3.8) is 0 Å².